The van der Waals surface area contributed by atoms with Crippen LogP contribution < -0.4 is 0 Å². The molecule has 0 bridgehead atoms. The second-order valence-electron chi connectivity index (χ2n) is 13.9. The number of aromatic nitrogens is 3. The number of fused-ring (bicyclic) bond motifs is 6. The zero-order valence-corrected chi connectivity index (χ0v) is 30.9. The summed E-state index contributed by atoms with van der Waals surface area (Å²) in [5, 5.41) is 4.54. The van der Waals surface area contributed by atoms with E-state index >= 15 is 0 Å². The van der Waals surface area contributed by atoms with E-state index in [2.05, 4.69) is 121 Å². The molecule has 0 atom stereocenters. The third kappa shape index (κ3) is 5.48. The number of para-hydroxylation sites is 1. The van der Waals surface area contributed by atoms with Crippen molar-refractivity contribution in [3.05, 3.63) is 188 Å². The first-order valence-corrected chi connectivity index (χ1v) is 19.5. The zero-order chi connectivity index (χ0) is 37.0. The summed E-state index contributed by atoms with van der Waals surface area (Å²) in [6.07, 6.45) is 0. The minimum atomic E-state index is 0.648. The van der Waals surface area contributed by atoms with Crippen LogP contribution in [0, 0.1) is 0 Å². The van der Waals surface area contributed by atoms with E-state index in [0.29, 0.717) is 17.5 Å². The van der Waals surface area contributed by atoms with Crippen LogP contribution >= 0.6 is 11.3 Å². The first kappa shape index (κ1) is 32.2. The highest BCUT2D eigenvalue weighted by Gasteiger charge is 2.20. The van der Waals surface area contributed by atoms with Crippen LogP contribution in [0.15, 0.2) is 192 Å². The highest BCUT2D eigenvalue weighted by atomic mass is 32.1. The summed E-state index contributed by atoms with van der Waals surface area (Å²) in [4.78, 5) is 15.2. The van der Waals surface area contributed by atoms with Crippen LogP contribution in [-0.4, -0.2) is 15.0 Å². The standard InChI is InChI=1S/C51H31N3OS/c1-4-14-32(15-5-1)33-26-28-34(29-27-33)42-30-37(31-44-46(42)39-20-10-11-24-43(39)55-44)38-21-12-22-40-47-41(23-13-25-45(47)56-48(38)40)51-53-49(35-16-6-2-7-17-35)52-50(54-51)36-18-8-3-9-19-36/h1-31H. The van der Waals surface area contributed by atoms with Gasteiger partial charge in [-0.15, -0.1) is 11.3 Å². The molecule has 0 aliphatic carbocycles. The molecule has 0 amide bonds. The van der Waals surface area contributed by atoms with Crippen molar-refractivity contribution in [3.8, 4) is 67.5 Å². The normalized spacial score (nSPS) is 11.6. The highest BCUT2D eigenvalue weighted by molar-refractivity contribution is 7.26. The molecule has 0 unspecified atom stereocenters. The number of thiophene rings is 1. The molecule has 262 valence electrons. The van der Waals surface area contributed by atoms with E-state index in [0.717, 1.165) is 66.3 Å². The lowest BCUT2D eigenvalue weighted by atomic mass is 9.93. The van der Waals surface area contributed by atoms with Gasteiger partial charge in [0.2, 0.25) is 0 Å². The van der Waals surface area contributed by atoms with Crippen molar-refractivity contribution in [2.45, 2.75) is 0 Å². The van der Waals surface area contributed by atoms with Crippen molar-refractivity contribution >= 4 is 53.4 Å². The molecule has 0 aliphatic heterocycles. The maximum atomic E-state index is 6.59. The number of furan rings is 1. The predicted octanol–water partition coefficient (Wildman–Crippen LogP) is 14.1. The molecule has 0 aliphatic rings. The lowest BCUT2D eigenvalue weighted by molar-refractivity contribution is 0.669. The molecule has 56 heavy (non-hydrogen) atoms. The van der Waals surface area contributed by atoms with Gasteiger partial charge in [0, 0.05) is 47.6 Å². The molecule has 0 saturated heterocycles. The molecular weight excluding hydrogens is 703 g/mol. The number of hydrogen-bond donors (Lipinski definition) is 0. The number of benzene rings is 8. The lowest BCUT2D eigenvalue weighted by Crippen LogP contribution is -2.00. The van der Waals surface area contributed by atoms with Gasteiger partial charge in [-0.05, 0) is 57.6 Å². The molecule has 0 radical (unpaired) electrons. The highest BCUT2D eigenvalue weighted by Crippen LogP contribution is 2.46. The minimum absolute atomic E-state index is 0.648. The van der Waals surface area contributed by atoms with E-state index < -0.39 is 0 Å². The van der Waals surface area contributed by atoms with Crippen molar-refractivity contribution in [2.75, 3.05) is 0 Å². The van der Waals surface area contributed by atoms with Crippen molar-refractivity contribution < 1.29 is 4.42 Å². The monoisotopic (exact) mass is 733 g/mol. The summed E-state index contributed by atoms with van der Waals surface area (Å²) in [6.45, 7) is 0. The molecule has 4 nitrogen and oxygen atoms in total. The fraction of sp³-hybridized carbons (Fsp3) is 0. The molecule has 0 N–H and O–H groups in total. The fourth-order valence-corrected chi connectivity index (χ4v) is 9.17. The Kier molecular flexibility index (Phi) is 7.64. The van der Waals surface area contributed by atoms with Gasteiger partial charge < -0.3 is 4.42 Å². The van der Waals surface area contributed by atoms with Crippen molar-refractivity contribution in [3.63, 3.8) is 0 Å². The smallest absolute Gasteiger partial charge is 0.164 e. The van der Waals surface area contributed by atoms with Gasteiger partial charge >= 0.3 is 0 Å². The maximum Gasteiger partial charge on any atom is 0.164 e. The molecule has 11 rings (SSSR count). The average molecular weight is 734 g/mol. The Morgan fingerprint density at radius 3 is 1.61 bits per heavy atom. The van der Waals surface area contributed by atoms with Gasteiger partial charge in [0.25, 0.3) is 0 Å². The van der Waals surface area contributed by atoms with Crippen molar-refractivity contribution in [1.82, 2.24) is 15.0 Å². The molecule has 0 saturated carbocycles. The Labute approximate surface area is 327 Å². The molecule has 5 heteroatoms. The third-order valence-corrected chi connectivity index (χ3v) is 11.8. The van der Waals surface area contributed by atoms with Crippen LogP contribution in [0.25, 0.3) is 110 Å². The van der Waals surface area contributed by atoms with Crippen LogP contribution in [0.5, 0.6) is 0 Å². The Balaban J connectivity index is 1.11. The Bertz CT molecular complexity index is 3170. The van der Waals surface area contributed by atoms with Gasteiger partial charge in [-0.25, -0.2) is 15.0 Å². The summed E-state index contributed by atoms with van der Waals surface area (Å²) >= 11 is 1.80. The van der Waals surface area contributed by atoms with Crippen LogP contribution in [0.4, 0.5) is 0 Å². The molecule has 3 aromatic heterocycles. The Morgan fingerprint density at radius 2 is 0.893 bits per heavy atom. The Morgan fingerprint density at radius 1 is 0.339 bits per heavy atom. The van der Waals surface area contributed by atoms with Gasteiger partial charge in [-0.2, -0.15) is 0 Å². The van der Waals surface area contributed by atoms with E-state index in [-0.39, 0.29) is 0 Å². The SMILES string of the molecule is c1ccc(-c2ccc(-c3cc(-c4cccc5c4sc4cccc(-c6nc(-c7ccccc7)nc(-c7ccccc7)n6)c45)cc4oc5ccccc5c34)cc2)cc1. The van der Waals surface area contributed by atoms with Crippen molar-refractivity contribution in [1.29, 1.82) is 0 Å². The predicted molar refractivity (Wildman–Crippen MR) is 233 cm³/mol. The maximum absolute atomic E-state index is 6.59. The topological polar surface area (TPSA) is 51.8 Å². The van der Waals surface area contributed by atoms with Crippen molar-refractivity contribution in [2.24, 2.45) is 0 Å². The summed E-state index contributed by atoms with van der Waals surface area (Å²) < 4.78 is 8.97. The van der Waals surface area contributed by atoms with Crippen LogP contribution in [0.1, 0.15) is 0 Å². The summed E-state index contributed by atoms with van der Waals surface area (Å²) in [6, 6.07) is 65.6. The lowest BCUT2D eigenvalue weighted by Gasteiger charge is -2.11. The molecule has 3 heterocycles. The summed E-state index contributed by atoms with van der Waals surface area (Å²) in [7, 11) is 0. The summed E-state index contributed by atoms with van der Waals surface area (Å²) in [5.41, 5.74) is 11.6. The summed E-state index contributed by atoms with van der Waals surface area (Å²) in [5.74, 6) is 1.95. The second-order valence-corrected chi connectivity index (χ2v) is 15.0. The van der Waals surface area contributed by atoms with E-state index in [1.807, 2.05) is 66.7 Å². The third-order valence-electron chi connectivity index (χ3n) is 10.6. The number of hydrogen-bond acceptors (Lipinski definition) is 5. The molecule has 0 spiro atoms. The van der Waals surface area contributed by atoms with E-state index in [9.17, 15) is 0 Å². The Hall–Kier alpha value is -7.21. The van der Waals surface area contributed by atoms with Crippen LogP contribution in [-0.2, 0) is 0 Å². The van der Waals surface area contributed by atoms with E-state index in [1.165, 1.54) is 25.9 Å². The number of rotatable bonds is 6. The molecule has 11 aromatic rings. The van der Waals surface area contributed by atoms with Gasteiger partial charge in [0.15, 0.2) is 17.5 Å². The first-order valence-electron chi connectivity index (χ1n) is 18.7. The fourth-order valence-electron chi connectivity index (χ4n) is 7.90. The van der Waals surface area contributed by atoms with Gasteiger partial charge in [0.1, 0.15) is 11.2 Å². The van der Waals surface area contributed by atoms with Gasteiger partial charge in [-0.1, -0.05) is 164 Å². The zero-order valence-electron chi connectivity index (χ0n) is 30.1. The molecular formula is C51H31N3OS. The number of nitrogens with zero attached hydrogens (tertiary/aromatic N) is 3. The van der Waals surface area contributed by atoms with Crippen LogP contribution in [0.3, 0.4) is 0 Å². The van der Waals surface area contributed by atoms with Gasteiger partial charge in [-0.3, -0.25) is 0 Å². The minimum Gasteiger partial charge on any atom is -0.456 e. The average Bonchev–Trinajstić information content (AvgIpc) is 3.86. The van der Waals surface area contributed by atoms with E-state index in [4.69, 9.17) is 19.4 Å². The largest absolute Gasteiger partial charge is 0.456 e. The molecule has 8 aromatic carbocycles. The quantitative estimate of drug-likeness (QED) is 0.171. The van der Waals surface area contributed by atoms with Crippen LogP contribution in [0.2, 0.25) is 0 Å². The first-order chi connectivity index (χ1) is 27.7. The molecule has 0 fully saturated rings. The second kappa shape index (κ2) is 13.3. The van der Waals surface area contributed by atoms with Gasteiger partial charge in [0.05, 0.1) is 0 Å². The van der Waals surface area contributed by atoms with E-state index in [1.54, 1.807) is 11.3 Å².